The van der Waals surface area contributed by atoms with Crippen molar-refractivity contribution in [2.45, 2.75) is 38.7 Å². The number of β-lactam (4-membered cyclic amide) rings is 1. The molecule has 1 aliphatic rings. The summed E-state index contributed by atoms with van der Waals surface area (Å²) in [5, 5.41) is 2.72. The first kappa shape index (κ1) is 12.8. The molecule has 16 heavy (non-hydrogen) atoms. The van der Waals surface area contributed by atoms with E-state index in [2.05, 4.69) is 36.4 Å². The Bertz CT molecular complexity index is 350. The quantitative estimate of drug-likeness (QED) is 0.338. The van der Waals surface area contributed by atoms with Gasteiger partial charge < -0.3 is 10.1 Å². The van der Waals surface area contributed by atoms with Crippen molar-refractivity contribution in [3.05, 3.63) is 0 Å². The van der Waals surface area contributed by atoms with Gasteiger partial charge in [-0.15, -0.1) is 5.54 Å². The van der Waals surface area contributed by atoms with Gasteiger partial charge in [0.1, 0.15) is 26.1 Å². The zero-order chi connectivity index (χ0) is 12.3. The number of nitrogens with one attached hydrogen (secondary N) is 1. The van der Waals surface area contributed by atoms with Crippen LogP contribution in [0.25, 0.3) is 0 Å². The Morgan fingerprint density at radius 1 is 1.50 bits per heavy atom. The maximum atomic E-state index is 11.3. The minimum Gasteiger partial charge on any atom is -0.464 e. The largest absolute Gasteiger partial charge is 0.464 e. The smallest absolute Gasteiger partial charge is 0.293 e. The Morgan fingerprint density at radius 3 is 2.56 bits per heavy atom. The second kappa shape index (κ2) is 4.70. The summed E-state index contributed by atoms with van der Waals surface area (Å²) in [5.41, 5.74) is 3.20. The van der Waals surface area contributed by atoms with Gasteiger partial charge in [0, 0.05) is 0 Å². The summed E-state index contributed by atoms with van der Waals surface area (Å²) < 4.78 is 4.78. The lowest BCUT2D eigenvalue weighted by atomic mass is 9.86. The van der Waals surface area contributed by atoms with Crippen LogP contribution in [0.4, 0.5) is 0 Å². The van der Waals surface area contributed by atoms with Gasteiger partial charge in [0.25, 0.3) is 6.47 Å². The van der Waals surface area contributed by atoms with E-state index in [0.717, 1.165) is 0 Å². The molecule has 0 spiro atoms. The molecule has 0 aromatic rings. The zero-order valence-electron chi connectivity index (χ0n) is 10.0. The monoisotopic (exact) mass is 239 g/mol. The predicted octanol–water partition coefficient (Wildman–Crippen LogP) is 0.543. The van der Waals surface area contributed by atoms with E-state index >= 15 is 0 Å². The SMILES string of the molecule is CC(OC=O)C1C(=O)NC1C#C[Si](C)(C)C. The van der Waals surface area contributed by atoms with Gasteiger partial charge in [-0.2, -0.15) is 0 Å². The molecule has 1 fully saturated rings. The minimum atomic E-state index is -1.43. The Hall–Kier alpha value is -1.28. The lowest BCUT2D eigenvalue weighted by molar-refractivity contribution is -0.147. The molecule has 1 rings (SSSR count). The molecule has 0 bridgehead atoms. The van der Waals surface area contributed by atoms with Crippen molar-refractivity contribution in [1.82, 2.24) is 5.32 Å². The minimum absolute atomic E-state index is 0.0933. The summed E-state index contributed by atoms with van der Waals surface area (Å²) >= 11 is 0. The number of carbonyl (C=O) groups is 2. The number of ether oxygens (including phenoxy) is 1. The van der Waals surface area contributed by atoms with Crippen LogP contribution in [0, 0.1) is 17.4 Å². The highest BCUT2D eigenvalue weighted by Crippen LogP contribution is 2.20. The summed E-state index contributed by atoms with van der Waals surface area (Å²) in [6, 6.07) is -0.172. The number of hydrogen-bond acceptors (Lipinski definition) is 3. The van der Waals surface area contributed by atoms with Crippen molar-refractivity contribution in [2.75, 3.05) is 0 Å². The molecular weight excluding hydrogens is 222 g/mol. The second-order valence-electron chi connectivity index (χ2n) is 4.97. The summed E-state index contributed by atoms with van der Waals surface area (Å²) in [6.07, 6.45) is -0.410. The van der Waals surface area contributed by atoms with E-state index in [9.17, 15) is 9.59 Å². The normalized spacial score (nSPS) is 25.6. The van der Waals surface area contributed by atoms with Gasteiger partial charge in [-0.3, -0.25) is 9.59 Å². The summed E-state index contributed by atoms with van der Waals surface area (Å²) in [5.74, 6) is 2.64. The van der Waals surface area contributed by atoms with E-state index in [1.54, 1.807) is 6.92 Å². The summed E-state index contributed by atoms with van der Waals surface area (Å²) in [7, 11) is -1.43. The van der Waals surface area contributed by atoms with E-state index < -0.39 is 14.2 Å². The van der Waals surface area contributed by atoms with Crippen LogP contribution in [0.15, 0.2) is 0 Å². The maximum absolute atomic E-state index is 11.3. The molecule has 3 unspecified atom stereocenters. The number of carbonyl (C=O) groups excluding carboxylic acids is 2. The maximum Gasteiger partial charge on any atom is 0.293 e. The van der Waals surface area contributed by atoms with E-state index in [-0.39, 0.29) is 17.9 Å². The van der Waals surface area contributed by atoms with Gasteiger partial charge in [-0.1, -0.05) is 25.6 Å². The van der Waals surface area contributed by atoms with E-state index in [1.165, 1.54) is 0 Å². The number of hydrogen-bond donors (Lipinski definition) is 1. The first-order valence-electron chi connectivity index (χ1n) is 5.27. The van der Waals surface area contributed by atoms with Crippen molar-refractivity contribution >= 4 is 20.5 Å². The molecule has 3 atom stereocenters. The van der Waals surface area contributed by atoms with Crippen LogP contribution in [0.5, 0.6) is 0 Å². The summed E-state index contributed by atoms with van der Waals surface area (Å²) in [4.78, 5) is 21.5. The van der Waals surface area contributed by atoms with Gasteiger partial charge >= 0.3 is 0 Å². The third-order valence-electron chi connectivity index (χ3n) is 2.34. The fraction of sp³-hybridized carbons (Fsp3) is 0.636. The Labute approximate surface area is 96.7 Å². The molecule has 0 aromatic heterocycles. The molecule has 0 radical (unpaired) electrons. The average Bonchev–Trinajstić information content (AvgIpc) is 2.10. The molecule has 0 saturated carbocycles. The fourth-order valence-electron chi connectivity index (χ4n) is 1.47. The fourth-order valence-corrected chi connectivity index (χ4v) is 2.06. The standard InChI is InChI=1S/C11H17NO3Si/c1-8(15-7-13)10-9(12-11(10)14)5-6-16(2,3)4/h7-10H,1-4H3,(H,12,14). The molecule has 1 heterocycles. The summed E-state index contributed by atoms with van der Waals surface area (Å²) in [6.45, 7) is 8.50. The Balaban J connectivity index is 2.66. The lowest BCUT2D eigenvalue weighted by Gasteiger charge is -2.36. The van der Waals surface area contributed by atoms with Gasteiger partial charge in [-0.05, 0) is 6.92 Å². The van der Waals surface area contributed by atoms with Gasteiger partial charge in [-0.25, -0.2) is 0 Å². The molecule has 4 nitrogen and oxygen atoms in total. The molecule has 0 aromatic carbocycles. The second-order valence-corrected chi connectivity index (χ2v) is 9.72. The molecule has 5 heteroatoms. The first-order valence-corrected chi connectivity index (χ1v) is 8.77. The Morgan fingerprint density at radius 2 is 2.12 bits per heavy atom. The van der Waals surface area contributed by atoms with Crippen LogP contribution in [0.1, 0.15) is 6.92 Å². The number of amides is 1. The van der Waals surface area contributed by atoms with Crippen LogP contribution in [0.3, 0.4) is 0 Å². The number of rotatable bonds is 3. The van der Waals surface area contributed by atoms with Crippen molar-refractivity contribution in [3.8, 4) is 11.5 Å². The topological polar surface area (TPSA) is 55.4 Å². The molecule has 1 N–H and O–H groups in total. The van der Waals surface area contributed by atoms with Crippen molar-refractivity contribution in [1.29, 1.82) is 0 Å². The van der Waals surface area contributed by atoms with E-state index in [4.69, 9.17) is 4.74 Å². The van der Waals surface area contributed by atoms with Crippen LogP contribution < -0.4 is 5.32 Å². The third kappa shape index (κ3) is 3.10. The average molecular weight is 239 g/mol. The van der Waals surface area contributed by atoms with E-state index in [0.29, 0.717) is 6.47 Å². The molecular formula is C11H17NO3Si. The molecule has 1 aliphatic heterocycles. The third-order valence-corrected chi connectivity index (χ3v) is 3.23. The molecule has 0 aliphatic carbocycles. The Kier molecular flexibility index (Phi) is 3.76. The van der Waals surface area contributed by atoms with Crippen molar-refractivity contribution < 1.29 is 14.3 Å². The molecule has 88 valence electrons. The highest BCUT2D eigenvalue weighted by Gasteiger charge is 2.43. The van der Waals surface area contributed by atoms with Gasteiger partial charge in [0.2, 0.25) is 5.91 Å². The predicted molar refractivity (Wildman–Crippen MR) is 63.2 cm³/mol. The van der Waals surface area contributed by atoms with Gasteiger partial charge in [0.15, 0.2) is 0 Å². The van der Waals surface area contributed by atoms with Crippen LogP contribution in [-0.4, -0.2) is 32.6 Å². The first-order chi connectivity index (χ1) is 7.35. The molecule has 1 amide bonds. The lowest BCUT2D eigenvalue weighted by Crippen LogP contribution is -2.61. The van der Waals surface area contributed by atoms with Crippen molar-refractivity contribution in [2.24, 2.45) is 5.92 Å². The highest BCUT2D eigenvalue weighted by atomic mass is 28.3. The molecule has 1 saturated heterocycles. The van der Waals surface area contributed by atoms with Crippen molar-refractivity contribution in [3.63, 3.8) is 0 Å². The van der Waals surface area contributed by atoms with Crippen LogP contribution in [-0.2, 0) is 14.3 Å². The highest BCUT2D eigenvalue weighted by molar-refractivity contribution is 6.83. The van der Waals surface area contributed by atoms with Gasteiger partial charge in [0.05, 0.1) is 0 Å². The zero-order valence-corrected chi connectivity index (χ0v) is 11.0. The van der Waals surface area contributed by atoms with Crippen LogP contribution in [0.2, 0.25) is 19.6 Å². The van der Waals surface area contributed by atoms with Crippen LogP contribution >= 0.6 is 0 Å². The van der Waals surface area contributed by atoms with E-state index in [1.807, 2.05) is 0 Å².